The SMILES string of the molecule is Cn1ccnc1CNc1cc(Cl)ccc1Br. The van der Waals surface area contributed by atoms with Crippen LogP contribution in [0.2, 0.25) is 5.02 Å². The molecule has 0 atom stereocenters. The molecule has 0 fully saturated rings. The number of hydrogen-bond donors (Lipinski definition) is 1. The van der Waals surface area contributed by atoms with Gasteiger partial charge in [0.2, 0.25) is 0 Å². The Labute approximate surface area is 108 Å². The third kappa shape index (κ3) is 2.57. The first-order valence-corrected chi connectivity index (χ1v) is 5.99. The predicted molar refractivity (Wildman–Crippen MR) is 69.7 cm³/mol. The lowest BCUT2D eigenvalue weighted by molar-refractivity contribution is 0.812. The van der Waals surface area contributed by atoms with Gasteiger partial charge < -0.3 is 9.88 Å². The largest absolute Gasteiger partial charge is 0.377 e. The second-order valence-corrected chi connectivity index (χ2v) is 4.72. The average Bonchev–Trinajstić information content (AvgIpc) is 2.66. The number of aromatic nitrogens is 2. The van der Waals surface area contributed by atoms with Crippen molar-refractivity contribution in [1.29, 1.82) is 0 Å². The first kappa shape index (κ1) is 11.5. The van der Waals surface area contributed by atoms with Crippen molar-refractivity contribution in [2.24, 2.45) is 7.05 Å². The summed E-state index contributed by atoms with van der Waals surface area (Å²) in [6.45, 7) is 0.669. The molecule has 3 nitrogen and oxygen atoms in total. The van der Waals surface area contributed by atoms with Gasteiger partial charge in [-0.3, -0.25) is 0 Å². The number of nitrogens with one attached hydrogen (secondary N) is 1. The molecule has 1 N–H and O–H groups in total. The highest BCUT2D eigenvalue weighted by molar-refractivity contribution is 9.10. The van der Waals surface area contributed by atoms with Crippen molar-refractivity contribution in [2.75, 3.05) is 5.32 Å². The highest BCUT2D eigenvalue weighted by Gasteiger charge is 2.02. The minimum Gasteiger partial charge on any atom is -0.377 e. The molecule has 0 saturated heterocycles. The standard InChI is InChI=1S/C11H11BrClN3/c1-16-5-4-14-11(16)7-15-10-6-8(13)2-3-9(10)12/h2-6,15H,7H2,1H3. The van der Waals surface area contributed by atoms with E-state index in [4.69, 9.17) is 11.6 Å². The highest BCUT2D eigenvalue weighted by atomic mass is 79.9. The second-order valence-electron chi connectivity index (χ2n) is 3.43. The van der Waals surface area contributed by atoms with Gasteiger partial charge in [0.15, 0.2) is 0 Å². The lowest BCUT2D eigenvalue weighted by atomic mass is 10.3. The Hall–Kier alpha value is -1.000. The van der Waals surface area contributed by atoms with Crippen LogP contribution in [0.1, 0.15) is 5.82 Å². The Morgan fingerprint density at radius 3 is 3.00 bits per heavy atom. The van der Waals surface area contributed by atoms with Crippen molar-refractivity contribution >= 4 is 33.2 Å². The van der Waals surface area contributed by atoms with Crippen LogP contribution in [0.15, 0.2) is 35.1 Å². The first-order valence-electron chi connectivity index (χ1n) is 4.82. The topological polar surface area (TPSA) is 29.9 Å². The van der Waals surface area contributed by atoms with Crippen LogP contribution in [0.5, 0.6) is 0 Å². The van der Waals surface area contributed by atoms with E-state index in [1.54, 1.807) is 6.20 Å². The Morgan fingerprint density at radius 1 is 1.50 bits per heavy atom. The molecule has 84 valence electrons. The summed E-state index contributed by atoms with van der Waals surface area (Å²) in [7, 11) is 1.97. The monoisotopic (exact) mass is 299 g/mol. The number of imidazole rings is 1. The minimum absolute atomic E-state index is 0.669. The van der Waals surface area contributed by atoms with Crippen LogP contribution in [-0.4, -0.2) is 9.55 Å². The minimum atomic E-state index is 0.669. The van der Waals surface area contributed by atoms with E-state index in [0.717, 1.165) is 16.0 Å². The molecule has 1 aromatic carbocycles. The number of anilines is 1. The molecule has 2 aromatic rings. The molecule has 0 unspecified atom stereocenters. The number of nitrogens with zero attached hydrogens (tertiary/aromatic N) is 2. The zero-order valence-electron chi connectivity index (χ0n) is 8.74. The van der Waals surface area contributed by atoms with Crippen LogP contribution in [0.4, 0.5) is 5.69 Å². The maximum atomic E-state index is 5.93. The van der Waals surface area contributed by atoms with Gasteiger partial charge in [-0.25, -0.2) is 4.98 Å². The van der Waals surface area contributed by atoms with E-state index in [1.165, 1.54) is 0 Å². The number of halogens is 2. The van der Waals surface area contributed by atoms with Gasteiger partial charge in [-0.05, 0) is 34.1 Å². The van der Waals surface area contributed by atoms with Gasteiger partial charge in [0.25, 0.3) is 0 Å². The first-order chi connectivity index (χ1) is 7.66. The molecule has 0 saturated carbocycles. The Kier molecular flexibility index (Phi) is 3.51. The zero-order chi connectivity index (χ0) is 11.5. The van der Waals surface area contributed by atoms with Gasteiger partial charge in [0.1, 0.15) is 5.82 Å². The predicted octanol–water partition coefficient (Wildman–Crippen LogP) is 3.45. The maximum Gasteiger partial charge on any atom is 0.127 e. The van der Waals surface area contributed by atoms with E-state index in [0.29, 0.717) is 11.6 Å². The Balaban J connectivity index is 2.10. The van der Waals surface area contributed by atoms with E-state index >= 15 is 0 Å². The van der Waals surface area contributed by atoms with Crippen LogP contribution in [0, 0.1) is 0 Å². The van der Waals surface area contributed by atoms with E-state index < -0.39 is 0 Å². The van der Waals surface area contributed by atoms with Crippen molar-refractivity contribution in [3.63, 3.8) is 0 Å². The molecular weight excluding hydrogens is 289 g/mol. The summed E-state index contributed by atoms with van der Waals surface area (Å²) in [6, 6.07) is 5.65. The lowest BCUT2D eigenvalue weighted by Gasteiger charge is -2.08. The third-order valence-electron chi connectivity index (χ3n) is 2.29. The smallest absolute Gasteiger partial charge is 0.127 e. The van der Waals surface area contributed by atoms with Crippen LogP contribution in [0.3, 0.4) is 0 Å². The van der Waals surface area contributed by atoms with Crippen LogP contribution in [-0.2, 0) is 13.6 Å². The van der Waals surface area contributed by atoms with E-state index in [9.17, 15) is 0 Å². The summed E-state index contributed by atoms with van der Waals surface area (Å²) < 4.78 is 2.97. The Morgan fingerprint density at radius 2 is 2.31 bits per heavy atom. The quantitative estimate of drug-likeness (QED) is 0.941. The molecule has 0 aliphatic rings. The highest BCUT2D eigenvalue weighted by Crippen LogP contribution is 2.26. The summed E-state index contributed by atoms with van der Waals surface area (Å²) in [5, 5.41) is 4.00. The van der Waals surface area contributed by atoms with Crippen LogP contribution in [0.25, 0.3) is 0 Å². The van der Waals surface area contributed by atoms with E-state index in [-0.39, 0.29) is 0 Å². The molecule has 1 heterocycles. The number of hydrogen-bond acceptors (Lipinski definition) is 2. The van der Waals surface area contributed by atoms with Gasteiger partial charge >= 0.3 is 0 Å². The van der Waals surface area contributed by atoms with Crippen LogP contribution < -0.4 is 5.32 Å². The normalized spacial score (nSPS) is 10.4. The molecule has 0 aliphatic heterocycles. The van der Waals surface area contributed by atoms with Crippen molar-refractivity contribution in [3.05, 3.63) is 45.9 Å². The van der Waals surface area contributed by atoms with Gasteiger partial charge in [0.05, 0.1) is 12.2 Å². The summed E-state index contributed by atoms with van der Waals surface area (Å²) in [6.07, 6.45) is 3.70. The van der Waals surface area contributed by atoms with Crippen molar-refractivity contribution in [3.8, 4) is 0 Å². The molecule has 5 heteroatoms. The lowest BCUT2D eigenvalue weighted by Crippen LogP contribution is -2.05. The number of rotatable bonds is 3. The Bertz CT molecular complexity index is 496. The molecular formula is C11H11BrClN3. The van der Waals surface area contributed by atoms with Gasteiger partial charge in [0, 0.05) is 28.9 Å². The fourth-order valence-corrected chi connectivity index (χ4v) is 1.93. The number of benzene rings is 1. The van der Waals surface area contributed by atoms with E-state index in [1.807, 2.05) is 36.0 Å². The van der Waals surface area contributed by atoms with Crippen molar-refractivity contribution in [1.82, 2.24) is 9.55 Å². The summed E-state index contributed by atoms with van der Waals surface area (Å²) in [5.41, 5.74) is 0.968. The molecule has 16 heavy (non-hydrogen) atoms. The summed E-state index contributed by atoms with van der Waals surface area (Å²) in [5.74, 6) is 0.979. The fraction of sp³-hybridized carbons (Fsp3) is 0.182. The second kappa shape index (κ2) is 4.89. The number of aryl methyl sites for hydroxylation is 1. The molecule has 1 aromatic heterocycles. The zero-order valence-corrected chi connectivity index (χ0v) is 11.1. The maximum absolute atomic E-state index is 5.93. The average molecular weight is 301 g/mol. The van der Waals surface area contributed by atoms with Gasteiger partial charge in [-0.2, -0.15) is 0 Å². The summed E-state index contributed by atoms with van der Waals surface area (Å²) >= 11 is 9.39. The fourth-order valence-electron chi connectivity index (χ4n) is 1.37. The molecule has 2 rings (SSSR count). The molecule has 0 bridgehead atoms. The van der Waals surface area contributed by atoms with Crippen LogP contribution >= 0.6 is 27.5 Å². The molecule has 0 spiro atoms. The molecule has 0 amide bonds. The van der Waals surface area contributed by atoms with Gasteiger partial charge in [-0.15, -0.1) is 0 Å². The van der Waals surface area contributed by atoms with E-state index in [2.05, 4.69) is 26.2 Å². The van der Waals surface area contributed by atoms with Crippen molar-refractivity contribution < 1.29 is 0 Å². The van der Waals surface area contributed by atoms with Crippen molar-refractivity contribution in [2.45, 2.75) is 6.54 Å². The molecule has 0 aliphatic carbocycles. The summed E-state index contributed by atoms with van der Waals surface area (Å²) in [4.78, 5) is 4.24. The third-order valence-corrected chi connectivity index (χ3v) is 3.21. The molecule has 0 radical (unpaired) electrons. The van der Waals surface area contributed by atoms with Gasteiger partial charge in [-0.1, -0.05) is 11.6 Å².